The Balaban J connectivity index is 1.20. The minimum absolute atomic E-state index is 0.0861. The number of nitrogen functional groups attached to an aromatic ring is 1. The molecule has 0 aliphatic carbocycles. The van der Waals surface area contributed by atoms with Crippen molar-refractivity contribution in [1.82, 2.24) is 9.88 Å². The molecule has 3 aromatic rings. The van der Waals surface area contributed by atoms with Crippen molar-refractivity contribution in [3.05, 3.63) is 64.5 Å². The third-order valence-corrected chi connectivity index (χ3v) is 7.74. The number of hydrogen-bond donors (Lipinski definition) is 2. The first-order chi connectivity index (χ1) is 16.6. The first-order valence-corrected chi connectivity index (χ1v) is 12.7. The third-order valence-electron chi connectivity index (χ3n) is 6.76. The summed E-state index contributed by atoms with van der Waals surface area (Å²) in [5.74, 6) is 0.178. The Hall–Kier alpha value is -2.94. The molecule has 8 heteroatoms. The van der Waals surface area contributed by atoms with Crippen LogP contribution in [0.4, 0.5) is 22.3 Å². The molecule has 3 heterocycles. The Morgan fingerprint density at radius 3 is 2.47 bits per heavy atom. The second-order valence-corrected chi connectivity index (χ2v) is 9.91. The third kappa shape index (κ3) is 4.94. The standard InChI is InChI=1S/C26H31N5O2S/c1-18-4-2-3-5-22(18)23(32)24-25(27)29-26(34-24)28-19-6-8-20(9-7-19)30-12-10-21(11-13-30)31-14-16-33-17-15-31/h2-9,21H,10-17,27H2,1H3,(H,28,29). The van der Waals surface area contributed by atoms with Gasteiger partial charge in [0.1, 0.15) is 10.7 Å². The second kappa shape index (κ2) is 10.1. The van der Waals surface area contributed by atoms with E-state index in [2.05, 4.69) is 44.4 Å². The molecular formula is C26H31N5O2S. The number of ketones is 1. The summed E-state index contributed by atoms with van der Waals surface area (Å²) in [7, 11) is 0. The Kier molecular flexibility index (Phi) is 6.80. The van der Waals surface area contributed by atoms with Gasteiger partial charge in [-0.05, 0) is 49.6 Å². The Labute approximate surface area is 204 Å². The van der Waals surface area contributed by atoms with Crippen LogP contribution in [0.5, 0.6) is 0 Å². The number of carbonyl (C=O) groups is 1. The number of anilines is 4. The topological polar surface area (TPSA) is 83.7 Å². The molecule has 2 fully saturated rings. The fraction of sp³-hybridized carbons (Fsp3) is 0.385. The fourth-order valence-corrected chi connectivity index (χ4v) is 5.67. The first kappa shape index (κ1) is 22.8. The number of nitrogens with one attached hydrogen (secondary N) is 1. The first-order valence-electron chi connectivity index (χ1n) is 11.9. The van der Waals surface area contributed by atoms with Gasteiger partial charge in [-0.2, -0.15) is 0 Å². The molecule has 7 nitrogen and oxygen atoms in total. The highest BCUT2D eigenvalue weighted by Crippen LogP contribution is 2.31. The van der Waals surface area contributed by atoms with Gasteiger partial charge < -0.3 is 20.7 Å². The van der Waals surface area contributed by atoms with Gasteiger partial charge in [0.2, 0.25) is 5.78 Å². The van der Waals surface area contributed by atoms with E-state index in [-0.39, 0.29) is 11.6 Å². The average Bonchev–Trinajstić information content (AvgIpc) is 3.25. The Morgan fingerprint density at radius 2 is 1.76 bits per heavy atom. The number of nitrogens with zero attached hydrogens (tertiary/aromatic N) is 3. The summed E-state index contributed by atoms with van der Waals surface area (Å²) in [5.41, 5.74) is 9.84. The molecule has 0 bridgehead atoms. The lowest BCUT2D eigenvalue weighted by Gasteiger charge is -2.40. The van der Waals surface area contributed by atoms with Crippen LogP contribution in [0.25, 0.3) is 0 Å². The molecule has 2 saturated heterocycles. The van der Waals surface area contributed by atoms with E-state index in [0.29, 0.717) is 21.6 Å². The number of thiazole rings is 1. The summed E-state index contributed by atoms with van der Waals surface area (Å²) >= 11 is 1.29. The van der Waals surface area contributed by atoms with E-state index in [0.717, 1.165) is 50.6 Å². The number of hydrogen-bond acceptors (Lipinski definition) is 8. The summed E-state index contributed by atoms with van der Waals surface area (Å²) in [6.07, 6.45) is 2.38. The van der Waals surface area contributed by atoms with E-state index in [1.807, 2.05) is 31.2 Å². The molecule has 0 atom stereocenters. The maximum atomic E-state index is 12.9. The van der Waals surface area contributed by atoms with Crippen LogP contribution in [-0.4, -0.2) is 61.1 Å². The van der Waals surface area contributed by atoms with Gasteiger partial charge in [0.15, 0.2) is 5.13 Å². The predicted octanol–water partition coefficient (Wildman–Crippen LogP) is 4.31. The van der Waals surface area contributed by atoms with Gasteiger partial charge in [-0.1, -0.05) is 35.6 Å². The second-order valence-electron chi connectivity index (χ2n) is 8.92. The quantitative estimate of drug-likeness (QED) is 0.512. The average molecular weight is 478 g/mol. The molecule has 2 aromatic carbocycles. The normalized spacial score (nSPS) is 17.6. The van der Waals surface area contributed by atoms with Crippen molar-refractivity contribution in [2.24, 2.45) is 0 Å². The maximum absolute atomic E-state index is 12.9. The molecule has 5 rings (SSSR count). The van der Waals surface area contributed by atoms with Crippen molar-refractivity contribution in [2.75, 3.05) is 55.3 Å². The lowest BCUT2D eigenvalue weighted by atomic mass is 10.0. The van der Waals surface area contributed by atoms with Crippen molar-refractivity contribution in [1.29, 1.82) is 0 Å². The van der Waals surface area contributed by atoms with Crippen LogP contribution in [0.2, 0.25) is 0 Å². The van der Waals surface area contributed by atoms with Gasteiger partial charge in [-0.3, -0.25) is 9.69 Å². The van der Waals surface area contributed by atoms with Crippen LogP contribution < -0.4 is 16.0 Å². The van der Waals surface area contributed by atoms with E-state index in [4.69, 9.17) is 10.5 Å². The van der Waals surface area contributed by atoms with Crippen LogP contribution in [-0.2, 0) is 4.74 Å². The summed E-state index contributed by atoms with van der Waals surface area (Å²) in [5, 5.41) is 3.92. The number of benzene rings is 2. The molecule has 0 saturated carbocycles. The van der Waals surface area contributed by atoms with Crippen molar-refractivity contribution in [2.45, 2.75) is 25.8 Å². The van der Waals surface area contributed by atoms with Crippen molar-refractivity contribution in [3.8, 4) is 0 Å². The molecule has 2 aliphatic heterocycles. The SMILES string of the molecule is Cc1ccccc1C(=O)c1sc(Nc2ccc(N3CCC(N4CCOCC4)CC3)cc2)nc1N. The van der Waals surface area contributed by atoms with E-state index in [1.54, 1.807) is 0 Å². The van der Waals surface area contributed by atoms with Gasteiger partial charge in [-0.15, -0.1) is 0 Å². The summed E-state index contributed by atoms with van der Waals surface area (Å²) in [6, 6.07) is 16.6. The zero-order valence-electron chi connectivity index (χ0n) is 19.5. The van der Waals surface area contributed by atoms with Crippen molar-refractivity contribution in [3.63, 3.8) is 0 Å². The molecule has 3 N–H and O–H groups in total. The number of morpholine rings is 1. The highest BCUT2D eigenvalue weighted by Gasteiger charge is 2.26. The van der Waals surface area contributed by atoms with Crippen LogP contribution >= 0.6 is 11.3 Å². The molecule has 1 aromatic heterocycles. The van der Waals surface area contributed by atoms with Crippen molar-refractivity contribution < 1.29 is 9.53 Å². The lowest BCUT2D eigenvalue weighted by molar-refractivity contribution is 0.0115. The molecule has 0 amide bonds. The zero-order valence-corrected chi connectivity index (χ0v) is 20.3. The largest absolute Gasteiger partial charge is 0.382 e. The number of ether oxygens (including phenoxy) is 1. The Morgan fingerprint density at radius 1 is 1.06 bits per heavy atom. The highest BCUT2D eigenvalue weighted by molar-refractivity contribution is 7.18. The summed E-state index contributed by atoms with van der Waals surface area (Å²) < 4.78 is 5.49. The molecule has 2 aliphatic rings. The zero-order chi connectivity index (χ0) is 23.5. The minimum Gasteiger partial charge on any atom is -0.382 e. The Bertz CT molecular complexity index is 1130. The molecule has 0 radical (unpaired) electrons. The van der Waals surface area contributed by atoms with Crippen LogP contribution in [0.1, 0.15) is 33.6 Å². The lowest BCUT2D eigenvalue weighted by Crippen LogP contribution is -2.49. The van der Waals surface area contributed by atoms with E-state index in [9.17, 15) is 4.79 Å². The number of rotatable bonds is 6. The van der Waals surface area contributed by atoms with Gasteiger partial charge in [0, 0.05) is 49.2 Å². The van der Waals surface area contributed by atoms with E-state index < -0.39 is 0 Å². The van der Waals surface area contributed by atoms with Crippen LogP contribution in [0, 0.1) is 6.92 Å². The molecule has 0 unspecified atom stereocenters. The number of piperidine rings is 1. The van der Waals surface area contributed by atoms with Gasteiger partial charge in [0.25, 0.3) is 0 Å². The van der Waals surface area contributed by atoms with Gasteiger partial charge in [-0.25, -0.2) is 4.98 Å². The van der Waals surface area contributed by atoms with Crippen LogP contribution in [0.15, 0.2) is 48.5 Å². The molecule has 178 valence electrons. The summed E-state index contributed by atoms with van der Waals surface area (Å²) in [6.45, 7) is 7.91. The smallest absolute Gasteiger partial charge is 0.207 e. The highest BCUT2D eigenvalue weighted by atomic mass is 32.1. The van der Waals surface area contributed by atoms with Gasteiger partial charge in [0.05, 0.1) is 13.2 Å². The van der Waals surface area contributed by atoms with E-state index in [1.165, 1.54) is 29.9 Å². The summed E-state index contributed by atoms with van der Waals surface area (Å²) in [4.78, 5) is 22.9. The minimum atomic E-state index is -0.0861. The number of nitrogens with two attached hydrogens (primary N) is 1. The molecule has 0 spiro atoms. The van der Waals surface area contributed by atoms with Crippen LogP contribution in [0.3, 0.4) is 0 Å². The number of aromatic nitrogens is 1. The fourth-order valence-electron chi connectivity index (χ4n) is 4.81. The monoisotopic (exact) mass is 477 g/mol. The van der Waals surface area contributed by atoms with E-state index >= 15 is 0 Å². The maximum Gasteiger partial charge on any atom is 0.207 e. The number of carbonyl (C=O) groups excluding carboxylic acids is 1. The molecular weight excluding hydrogens is 446 g/mol. The predicted molar refractivity (Wildman–Crippen MR) is 138 cm³/mol. The van der Waals surface area contributed by atoms with Gasteiger partial charge >= 0.3 is 0 Å². The molecule has 34 heavy (non-hydrogen) atoms. The number of aryl methyl sites for hydroxylation is 1. The van der Waals surface area contributed by atoms with Crippen molar-refractivity contribution >= 4 is 39.4 Å².